The molecule has 51 heavy (non-hydrogen) atoms. The number of aryl methyl sites for hydroxylation is 2. The number of rotatable bonds is 14. The summed E-state index contributed by atoms with van der Waals surface area (Å²) >= 11 is 6.47. The van der Waals surface area contributed by atoms with E-state index in [0.29, 0.717) is 81.5 Å². The summed E-state index contributed by atoms with van der Waals surface area (Å²) in [5.41, 5.74) is 5.21. The van der Waals surface area contributed by atoms with Crippen LogP contribution in [0.4, 0.5) is 13.2 Å². The van der Waals surface area contributed by atoms with E-state index >= 15 is 0 Å². The van der Waals surface area contributed by atoms with Crippen LogP contribution in [-0.2, 0) is 39.0 Å². The molecule has 278 valence electrons. The van der Waals surface area contributed by atoms with E-state index in [1.54, 1.807) is 22.5 Å². The molecule has 1 N–H and O–H groups in total. The van der Waals surface area contributed by atoms with Crippen molar-refractivity contribution >= 4 is 49.8 Å². The summed E-state index contributed by atoms with van der Waals surface area (Å²) in [5, 5.41) is 11.1. The molecule has 8 nitrogen and oxygen atoms in total. The molecule has 3 aromatic rings. The summed E-state index contributed by atoms with van der Waals surface area (Å²) < 4.78 is 68.7. The summed E-state index contributed by atoms with van der Waals surface area (Å²) in [6, 6.07) is 13.0. The molecule has 0 saturated carbocycles. The number of nitrogens with zero attached hydrogens (tertiary/aromatic N) is 3. The zero-order valence-corrected chi connectivity index (χ0v) is 30.6. The molecular weight excluding hydrogens is 703 g/mol. The van der Waals surface area contributed by atoms with Gasteiger partial charge < -0.3 is 14.6 Å². The number of amides is 1. The third-order valence-corrected chi connectivity index (χ3v) is 12.2. The molecule has 1 aliphatic carbocycles. The molecule has 2 aliphatic rings. The van der Waals surface area contributed by atoms with Gasteiger partial charge in [-0.1, -0.05) is 55.7 Å². The number of aliphatic hydroxyl groups excluding tert-OH is 1. The largest absolute Gasteiger partial charge is 0.416 e. The summed E-state index contributed by atoms with van der Waals surface area (Å²) in [4.78, 5) is 27.3. The Balaban J connectivity index is 1.37. The van der Waals surface area contributed by atoms with Gasteiger partial charge in [0.2, 0.25) is 15.9 Å². The minimum atomic E-state index is -4.81. The molecule has 1 fully saturated rings. The Hall–Kier alpha value is -3.19. The monoisotopic (exact) mass is 749 g/mol. The number of hydrogen-bond donors (Lipinski definition) is 1. The van der Waals surface area contributed by atoms with Gasteiger partial charge in [-0.3, -0.25) is 9.59 Å². The molecule has 1 saturated heterocycles. The number of carbonyl (C=O) groups excluding carboxylic acids is 2. The maximum Gasteiger partial charge on any atom is 0.416 e. The van der Waals surface area contributed by atoms with Crippen LogP contribution in [0.3, 0.4) is 0 Å². The Bertz CT molecular complexity index is 1830. The van der Waals surface area contributed by atoms with E-state index < -0.39 is 28.8 Å². The molecule has 13 heteroatoms. The summed E-state index contributed by atoms with van der Waals surface area (Å²) in [5.74, 6) is 0.116. The first-order chi connectivity index (χ1) is 24.4. The standard InChI is InChI=1S/C38H47ClF3N3O5S/c1-2-51(49,50)44-22-20-43(21-23-44)34(48)17-10-5-3-4-9-16-31-36-32(19-18-27-14-11-15-30(46)24-29(25-39)35(27)36)45(26-33(47)38(40,41)42)37(31)28-12-7-6-8-13-28/h6-8,12-13,18-19,24,33,47H,2-5,9-11,14-17,20-23,25-26H2,1H3/t33-/m1/s1. The van der Waals surface area contributed by atoms with Crippen molar-refractivity contribution in [2.75, 3.05) is 37.8 Å². The molecule has 2 aromatic carbocycles. The molecular formula is C38H47ClF3N3O5S. The summed E-state index contributed by atoms with van der Waals surface area (Å²) in [6.45, 7) is 2.37. The van der Waals surface area contributed by atoms with Crippen LogP contribution in [0.1, 0.15) is 75.0 Å². The van der Waals surface area contributed by atoms with Gasteiger partial charge in [-0.05, 0) is 79.0 Å². The van der Waals surface area contributed by atoms with E-state index in [9.17, 15) is 36.3 Å². The average molecular weight is 750 g/mol. The molecule has 1 aromatic heterocycles. The van der Waals surface area contributed by atoms with Gasteiger partial charge in [-0.2, -0.15) is 17.5 Å². The van der Waals surface area contributed by atoms with Gasteiger partial charge in [0.15, 0.2) is 11.9 Å². The van der Waals surface area contributed by atoms with Gasteiger partial charge in [0.25, 0.3) is 0 Å². The molecule has 0 radical (unpaired) electrons. The second-order valence-electron chi connectivity index (χ2n) is 13.4. The van der Waals surface area contributed by atoms with Gasteiger partial charge in [0, 0.05) is 55.8 Å². The van der Waals surface area contributed by atoms with Gasteiger partial charge in [0.1, 0.15) is 0 Å². The first-order valence-corrected chi connectivity index (χ1v) is 20.0. The minimum absolute atomic E-state index is 0.0306. The van der Waals surface area contributed by atoms with Crippen molar-refractivity contribution in [2.24, 2.45) is 0 Å². The van der Waals surface area contributed by atoms with Crippen LogP contribution in [0.25, 0.3) is 27.7 Å². The molecule has 2 heterocycles. The number of aromatic nitrogens is 1. The Morgan fingerprint density at radius 3 is 2.31 bits per heavy atom. The first kappa shape index (κ1) is 39.0. The van der Waals surface area contributed by atoms with Gasteiger partial charge in [-0.15, -0.1) is 11.6 Å². The maximum atomic E-state index is 13.8. The molecule has 0 unspecified atom stereocenters. The van der Waals surface area contributed by atoms with E-state index in [0.717, 1.165) is 53.3 Å². The fourth-order valence-corrected chi connectivity index (χ4v) is 8.64. The quantitative estimate of drug-likeness (QED) is 0.140. The van der Waals surface area contributed by atoms with Crippen molar-refractivity contribution in [3.63, 3.8) is 0 Å². The van der Waals surface area contributed by atoms with E-state index in [2.05, 4.69) is 0 Å². The number of benzene rings is 2. The molecule has 5 rings (SSSR count). The fourth-order valence-electron chi connectivity index (χ4n) is 7.34. The van der Waals surface area contributed by atoms with Crippen LogP contribution < -0.4 is 0 Å². The Kier molecular flexibility index (Phi) is 13.1. The predicted octanol–water partition coefficient (Wildman–Crippen LogP) is 7.14. The van der Waals surface area contributed by atoms with E-state index in [4.69, 9.17) is 11.6 Å². The number of allylic oxidation sites excluding steroid dienone is 2. The van der Waals surface area contributed by atoms with Gasteiger partial charge in [-0.25, -0.2) is 8.42 Å². The number of carbonyl (C=O) groups is 2. The third kappa shape index (κ3) is 9.25. The van der Waals surface area contributed by atoms with Crippen molar-refractivity contribution in [2.45, 2.75) is 90.0 Å². The Morgan fingerprint density at radius 1 is 0.961 bits per heavy atom. The zero-order chi connectivity index (χ0) is 36.8. The Labute approximate surface area is 303 Å². The van der Waals surface area contributed by atoms with Crippen LogP contribution in [0, 0.1) is 0 Å². The first-order valence-electron chi connectivity index (χ1n) is 17.9. The minimum Gasteiger partial charge on any atom is -0.382 e. The van der Waals surface area contributed by atoms with Gasteiger partial charge >= 0.3 is 6.18 Å². The highest BCUT2D eigenvalue weighted by Gasteiger charge is 2.39. The SMILES string of the molecule is CCS(=O)(=O)N1CCN(C(=O)CCCCCCCc2c(-c3ccccc3)n(C[C@@H](O)C(F)(F)F)c3ccc4c(c23)C(CCl)=CC(=O)CCC4)CC1. The number of ketones is 1. The maximum absolute atomic E-state index is 13.8. The zero-order valence-electron chi connectivity index (χ0n) is 29.1. The molecule has 1 amide bonds. The lowest BCUT2D eigenvalue weighted by atomic mass is 9.87. The molecule has 1 atom stereocenters. The van der Waals surface area contributed by atoms with E-state index in [-0.39, 0.29) is 23.3 Å². The van der Waals surface area contributed by atoms with E-state index in [1.807, 2.05) is 42.5 Å². The van der Waals surface area contributed by atoms with Crippen molar-refractivity contribution in [1.82, 2.24) is 13.8 Å². The van der Waals surface area contributed by atoms with Crippen LogP contribution in [0.5, 0.6) is 0 Å². The molecule has 0 spiro atoms. The number of sulfonamides is 1. The predicted molar refractivity (Wildman–Crippen MR) is 195 cm³/mol. The number of piperazine rings is 1. The second-order valence-corrected chi connectivity index (χ2v) is 16.0. The smallest absolute Gasteiger partial charge is 0.382 e. The number of alkyl halides is 4. The number of aliphatic hydroxyl groups is 1. The highest BCUT2D eigenvalue weighted by atomic mass is 35.5. The van der Waals surface area contributed by atoms with Crippen LogP contribution >= 0.6 is 11.6 Å². The highest BCUT2D eigenvalue weighted by Crippen LogP contribution is 2.42. The highest BCUT2D eigenvalue weighted by molar-refractivity contribution is 7.89. The van der Waals surface area contributed by atoms with E-state index in [1.165, 1.54) is 4.31 Å². The lowest BCUT2D eigenvalue weighted by Gasteiger charge is -2.33. The fraction of sp³-hybridized carbons (Fsp3) is 0.526. The van der Waals surface area contributed by atoms with Crippen LogP contribution in [0.2, 0.25) is 0 Å². The van der Waals surface area contributed by atoms with Crippen molar-refractivity contribution in [3.05, 3.63) is 65.2 Å². The van der Waals surface area contributed by atoms with Crippen molar-refractivity contribution < 1.29 is 36.3 Å². The summed E-state index contributed by atoms with van der Waals surface area (Å²) in [6.07, 6.45) is 0.790. The van der Waals surface area contributed by atoms with Crippen LogP contribution in [0.15, 0.2) is 48.5 Å². The number of fused-ring (bicyclic) bond motifs is 3. The average Bonchev–Trinajstić information content (AvgIpc) is 3.41. The number of unbranched alkanes of at least 4 members (excludes halogenated alkanes) is 4. The van der Waals surface area contributed by atoms with Crippen molar-refractivity contribution in [1.29, 1.82) is 0 Å². The lowest BCUT2D eigenvalue weighted by molar-refractivity contribution is -0.207. The Morgan fingerprint density at radius 2 is 1.65 bits per heavy atom. The van der Waals surface area contributed by atoms with Crippen molar-refractivity contribution in [3.8, 4) is 11.3 Å². The number of halogens is 4. The molecule has 1 aliphatic heterocycles. The van der Waals surface area contributed by atoms with Crippen LogP contribution in [-0.4, -0.2) is 89.1 Å². The topological polar surface area (TPSA) is 99.9 Å². The van der Waals surface area contributed by atoms with Gasteiger partial charge in [0.05, 0.1) is 18.0 Å². The summed E-state index contributed by atoms with van der Waals surface area (Å²) in [7, 11) is -3.26. The lowest BCUT2D eigenvalue weighted by Crippen LogP contribution is -2.50. The number of hydrogen-bond acceptors (Lipinski definition) is 5. The normalized spacial score (nSPS) is 16.9. The third-order valence-electron chi connectivity index (χ3n) is 10.0. The molecule has 0 bridgehead atoms. The second kappa shape index (κ2) is 17.1.